The van der Waals surface area contributed by atoms with E-state index in [1.54, 1.807) is 0 Å². The average Bonchev–Trinajstić information content (AvgIpc) is 3.01. The zero-order chi connectivity index (χ0) is 18.0. The SMILES string of the molecule is CC(Cc1ccc(C(F)(F)F)cc1)C(=O)NS(=O)(=O)C1CCNC1. The highest BCUT2D eigenvalue weighted by molar-refractivity contribution is 7.90. The highest BCUT2D eigenvalue weighted by atomic mass is 32.2. The third kappa shape index (κ3) is 4.70. The van der Waals surface area contributed by atoms with Crippen LogP contribution < -0.4 is 10.0 Å². The van der Waals surface area contributed by atoms with E-state index in [0.717, 1.165) is 12.1 Å². The van der Waals surface area contributed by atoms with Crippen molar-refractivity contribution in [2.45, 2.75) is 31.2 Å². The Kier molecular flexibility index (Phi) is 5.54. The molecule has 0 aliphatic carbocycles. The first-order valence-electron chi connectivity index (χ1n) is 7.52. The van der Waals surface area contributed by atoms with Crippen LogP contribution in [0.25, 0.3) is 0 Å². The Morgan fingerprint density at radius 3 is 2.46 bits per heavy atom. The molecule has 0 radical (unpaired) electrons. The Labute approximate surface area is 138 Å². The van der Waals surface area contributed by atoms with Crippen LogP contribution in [0.2, 0.25) is 0 Å². The van der Waals surface area contributed by atoms with Crippen molar-refractivity contribution in [3.8, 4) is 0 Å². The molecule has 5 nitrogen and oxygen atoms in total. The first-order valence-corrected chi connectivity index (χ1v) is 9.06. The molecule has 2 N–H and O–H groups in total. The van der Waals surface area contributed by atoms with Crippen molar-refractivity contribution in [2.24, 2.45) is 5.92 Å². The first kappa shape index (κ1) is 18.7. The maximum atomic E-state index is 12.5. The maximum absolute atomic E-state index is 12.5. The average molecular weight is 364 g/mol. The van der Waals surface area contributed by atoms with Gasteiger partial charge < -0.3 is 5.32 Å². The standard InChI is InChI=1S/C15H19F3N2O3S/c1-10(8-11-2-4-12(5-3-11)15(16,17)18)14(21)20-24(22,23)13-6-7-19-9-13/h2-5,10,13,19H,6-9H2,1H3,(H,20,21). The summed E-state index contributed by atoms with van der Waals surface area (Å²) in [5, 5.41) is 2.28. The van der Waals surface area contributed by atoms with E-state index in [9.17, 15) is 26.4 Å². The van der Waals surface area contributed by atoms with Crippen LogP contribution in [-0.2, 0) is 27.4 Å². The lowest BCUT2D eigenvalue weighted by atomic mass is 9.99. The third-order valence-electron chi connectivity index (χ3n) is 3.97. The Bertz CT molecular complexity index is 681. The number of alkyl halides is 3. The monoisotopic (exact) mass is 364 g/mol. The molecule has 2 rings (SSSR count). The van der Waals surface area contributed by atoms with E-state index in [-0.39, 0.29) is 6.42 Å². The number of amides is 1. The molecule has 24 heavy (non-hydrogen) atoms. The summed E-state index contributed by atoms with van der Waals surface area (Å²) in [6, 6.07) is 4.48. The predicted octanol–water partition coefficient (Wildman–Crippen LogP) is 1.69. The first-order chi connectivity index (χ1) is 11.1. The quantitative estimate of drug-likeness (QED) is 0.834. The van der Waals surface area contributed by atoms with Crippen molar-refractivity contribution in [3.63, 3.8) is 0 Å². The lowest BCUT2D eigenvalue weighted by Gasteiger charge is -2.16. The Morgan fingerprint density at radius 1 is 1.33 bits per heavy atom. The van der Waals surface area contributed by atoms with Gasteiger partial charge in [-0.15, -0.1) is 0 Å². The minimum absolute atomic E-state index is 0.155. The van der Waals surface area contributed by atoms with E-state index < -0.39 is 38.8 Å². The molecule has 2 unspecified atom stereocenters. The fourth-order valence-electron chi connectivity index (χ4n) is 2.49. The van der Waals surface area contributed by atoms with Gasteiger partial charge in [0.25, 0.3) is 0 Å². The number of carbonyl (C=O) groups is 1. The molecule has 0 saturated carbocycles. The molecule has 2 atom stereocenters. The lowest BCUT2D eigenvalue weighted by molar-refractivity contribution is -0.137. The molecule has 1 aliphatic rings. The molecular formula is C15H19F3N2O3S. The van der Waals surface area contributed by atoms with E-state index in [4.69, 9.17) is 0 Å². The van der Waals surface area contributed by atoms with Crippen LogP contribution >= 0.6 is 0 Å². The van der Waals surface area contributed by atoms with Gasteiger partial charge in [0.1, 0.15) is 0 Å². The summed E-state index contributed by atoms with van der Waals surface area (Å²) in [5.41, 5.74) is -0.231. The molecule has 0 bridgehead atoms. The molecular weight excluding hydrogens is 345 g/mol. The summed E-state index contributed by atoms with van der Waals surface area (Å²) in [5.74, 6) is -1.33. The number of rotatable bonds is 5. The normalized spacial score (nSPS) is 19.9. The number of halogens is 3. The minimum Gasteiger partial charge on any atom is -0.315 e. The number of nitrogens with one attached hydrogen (secondary N) is 2. The summed E-state index contributed by atoms with van der Waals surface area (Å²) in [6.45, 7) is 2.42. The van der Waals surface area contributed by atoms with Gasteiger partial charge in [0.05, 0.1) is 10.8 Å². The molecule has 134 valence electrons. The van der Waals surface area contributed by atoms with Gasteiger partial charge in [-0.05, 0) is 37.1 Å². The Balaban J connectivity index is 1.96. The molecule has 1 fully saturated rings. The van der Waals surface area contributed by atoms with E-state index >= 15 is 0 Å². The Morgan fingerprint density at radius 2 is 1.96 bits per heavy atom. The van der Waals surface area contributed by atoms with Gasteiger partial charge in [0, 0.05) is 12.5 Å². The number of benzene rings is 1. The zero-order valence-corrected chi connectivity index (χ0v) is 13.9. The van der Waals surface area contributed by atoms with Crippen LogP contribution in [0.5, 0.6) is 0 Å². The molecule has 1 amide bonds. The number of hydrogen-bond donors (Lipinski definition) is 2. The Hall–Kier alpha value is -1.61. The van der Waals surface area contributed by atoms with Crippen molar-refractivity contribution in [2.75, 3.05) is 13.1 Å². The van der Waals surface area contributed by atoms with Gasteiger partial charge in [-0.1, -0.05) is 19.1 Å². The fraction of sp³-hybridized carbons (Fsp3) is 0.533. The molecule has 0 spiro atoms. The van der Waals surface area contributed by atoms with Crippen LogP contribution in [0, 0.1) is 5.92 Å². The van der Waals surface area contributed by atoms with Gasteiger partial charge in [0.15, 0.2) is 0 Å². The molecule has 1 heterocycles. The second-order valence-corrected chi connectivity index (χ2v) is 7.89. The van der Waals surface area contributed by atoms with Crippen molar-refractivity contribution >= 4 is 15.9 Å². The smallest absolute Gasteiger partial charge is 0.315 e. The van der Waals surface area contributed by atoms with E-state index in [1.165, 1.54) is 19.1 Å². The van der Waals surface area contributed by atoms with Crippen LogP contribution in [0.4, 0.5) is 13.2 Å². The summed E-state index contributed by atoms with van der Waals surface area (Å²) in [6.07, 6.45) is -3.82. The summed E-state index contributed by atoms with van der Waals surface area (Å²) < 4.78 is 63.7. The molecule has 1 aliphatic heterocycles. The van der Waals surface area contributed by atoms with Crippen LogP contribution in [-0.4, -0.2) is 32.7 Å². The van der Waals surface area contributed by atoms with E-state index in [0.29, 0.717) is 25.1 Å². The van der Waals surface area contributed by atoms with Crippen molar-refractivity contribution in [1.29, 1.82) is 0 Å². The van der Waals surface area contributed by atoms with Crippen molar-refractivity contribution in [3.05, 3.63) is 35.4 Å². The molecule has 0 aromatic heterocycles. The largest absolute Gasteiger partial charge is 0.416 e. The second kappa shape index (κ2) is 7.10. The van der Waals surface area contributed by atoms with Gasteiger partial charge in [-0.2, -0.15) is 13.2 Å². The molecule has 1 saturated heterocycles. The van der Waals surface area contributed by atoms with Crippen molar-refractivity contribution < 1.29 is 26.4 Å². The predicted molar refractivity (Wildman–Crippen MR) is 82.6 cm³/mol. The summed E-state index contributed by atoms with van der Waals surface area (Å²) >= 11 is 0. The van der Waals surface area contributed by atoms with Gasteiger partial charge >= 0.3 is 6.18 Å². The van der Waals surface area contributed by atoms with Crippen molar-refractivity contribution in [1.82, 2.24) is 10.0 Å². The van der Waals surface area contributed by atoms with Crippen LogP contribution in [0.3, 0.4) is 0 Å². The zero-order valence-electron chi connectivity index (χ0n) is 13.1. The lowest BCUT2D eigenvalue weighted by Crippen LogP contribution is -2.42. The topological polar surface area (TPSA) is 75.3 Å². The summed E-state index contributed by atoms with van der Waals surface area (Å²) in [7, 11) is -3.73. The van der Waals surface area contributed by atoms with E-state index in [2.05, 4.69) is 10.0 Å². The highest BCUT2D eigenvalue weighted by Crippen LogP contribution is 2.29. The van der Waals surface area contributed by atoms with Gasteiger partial charge in [-0.3, -0.25) is 9.52 Å². The fourth-order valence-corrected chi connectivity index (χ4v) is 3.91. The second-order valence-electron chi connectivity index (χ2n) is 5.93. The number of sulfonamides is 1. The number of hydrogen-bond acceptors (Lipinski definition) is 4. The van der Waals surface area contributed by atoms with E-state index in [1.807, 2.05) is 0 Å². The van der Waals surface area contributed by atoms with Gasteiger partial charge in [0.2, 0.25) is 15.9 Å². The summed E-state index contributed by atoms with van der Waals surface area (Å²) in [4.78, 5) is 12.1. The van der Waals surface area contributed by atoms with Crippen LogP contribution in [0.15, 0.2) is 24.3 Å². The highest BCUT2D eigenvalue weighted by Gasteiger charge is 2.32. The third-order valence-corrected chi connectivity index (χ3v) is 5.73. The maximum Gasteiger partial charge on any atom is 0.416 e. The molecule has 1 aromatic carbocycles. The number of carbonyl (C=O) groups excluding carboxylic acids is 1. The molecule has 9 heteroatoms. The minimum atomic E-state index is -4.41. The molecule has 1 aromatic rings. The van der Waals surface area contributed by atoms with Crippen LogP contribution in [0.1, 0.15) is 24.5 Å². The van der Waals surface area contributed by atoms with Gasteiger partial charge in [-0.25, -0.2) is 8.42 Å².